The summed E-state index contributed by atoms with van der Waals surface area (Å²) < 4.78 is 0. The van der Waals surface area contributed by atoms with E-state index in [0.717, 1.165) is 16.0 Å². The number of hydrogen-bond acceptors (Lipinski definition) is 3. The Morgan fingerprint density at radius 1 is 1.06 bits per heavy atom. The van der Waals surface area contributed by atoms with Gasteiger partial charge in [-0.15, -0.1) is 0 Å². The third-order valence-corrected chi connectivity index (χ3v) is 3.11. The first-order chi connectivity index (χ1) is 8.72. The van der Waals surface area contributed by atoms with Gasteiger partial charge < -0.3 is 0 Å². The van der Waals surface area contributed by atoms with Gasteiger partial charge in [0, 0.05) is 0 Å². The minimum absolute atomic E-state index is 0.0290. The Kier molecular flexibility index (Phi) is 2.20. The predicted molar refractivity (Wildman–Crippen MR) is 65.8 cm³/mol. The van der Waals surface area contributed by atoms with E-state index in [1.807, 2.05) is 24.3 Å². The van der Waals surface area contributed by atoms with Gasteiger partial charge in [0.2, 0.25) is 5.78 Å². The first-order valence-electron chi connectivity index (χ1n) is 5.50. The number of aldehydes is 1. The van der Waals surface area contributed by atoms with Crippen LogP contribution < -0.4 is 10.4 Å². The molecule has 86 valence electrons. The van der Waals surface area contributed by atoms with E-state index < -0.39 is 11.6 Å². The smallest absolute Gasteiger partial charge is 0.229 e. The van der Waals surface area contributed by atoms with Crippen LogP contribution in [0.3, 0.4) is 0 Å². The number of carbonyl (C=O) groups is 3. The Morgan fingerprint density at radius 2 is 1.83 bits per heavy atom. The molecule has 0 unspecified atom stereocenters. The van der Waals surface area contributed by atoms with Gasteiger partial charge in [0.05, 0.1) is 5.57 Å². The molecular weight excluding hydrogens is 228 g/mol. The standard InChI is InChI=1S/C15H8O3/c16-8-14(18)15-12-7-9-3-1-2-4-10(9)11(12)5-6-13(15)17/h1-8H. The van der Waals surface area contributed by atoms with Crippen molar-refractivity contribution < 1.29 is 14.4 Å². The van der Waals surface area contributed by atoms with E-state index in [-0.39, 0.29) is 11.9 Å². The number of rotatable bonds is 2. The molecule has 0 atom stereocenters. The molecule has 2 aliphatic rings. The maximum atomic E-state index is 11.7. The van der Waals surface area contributed by atoms with Crippen LogP contribution in [0.25, 0.3) is 11.6 Å². The zero-order valence-electron chi connectivity index (χ0n) is 9.34. The fourth-order valence-corrected chi connectivity index (χ4v) is 2.32. The molecule has 0 heterocycles. The molecule has 0 aliphatic heterocycles. The second-order valence-electron chi connectivity index (χ2n) is 4.11. The van der Waals surface area contributed by atoms with Gasteiger partial charge in [-0.25, -0.2) is 0 Å². The highest BCUT2D eigenvalue weighted by Crippen LogP contribution is 2.25. The van der Waals surface area contributed by atoms with Gasteiger partial charge in [0.25, 0.3) is 0 Å². The van der Waals surface area contributed by atoms with E-state index >= 15 is 0 Å². The Labute approximate surface area is 102 Å². The van der Waals surface area contributed by atoms with Gasteiger partial charge in [0.15, 0.2) is 12.1 Å². The summed E-state index contributed by atoms with van der Waals surface area (Å²) in [5, 5.41) is 1.94. The van der Waals surface area contributed by atoms with Crippen molar-refractivity contribution in [2.24, 2.45) is 0 Å². The molecule has 0 saturated carbocycles. The Hall–Kier alpha value is -2.55. The topological polar surface area (TPSA) is 51.2 Å². The molecule has 18 heavy (non-hydrogen) atoms. The number of carbonyl (C=O) groups excluding carboxylic acids is 3. The highest BCUT2D eigenvalue weighted by Gasteiger charge is 2.26. The highest BCUT2D eigenvalue weighted by molar-refractivity contribution is 6.45. The molecule has 0 N–H and O–H groups in total. The van der Waals surface area contributed by atoms with Crippen molar-refractivity contribution in [1.29, 1.82) is 0 Å². The lowest BCUT2D eigenvalue weighted by Crippen LogP contribution is -2.22. The summed E-state index contributed by atoms with van der Waals surface area (Å²) in [4.78, 5) is 33.9. The minimum atomic E-state index is -0.763. The van der Waals surface area contributed by atoms with Crippen LogP contribution >= 0.6 is 0 Å². The molecule has 0 spiro atoms. The predicted octanol–water partition coefficient (Wildman–Crippen LogP) is -0.165. The summed E-state index contributed by atoms with van der Waals surface area (Å²) in [5.74, 6) is -1.17. The molecule has 1 aromatic rings. The van der Waals surface area contributed by atoms with Gasteiger partial charge in [-0.2, -0.15) is 0 Å². The summed E-state index contributed by atoms with van der Waals surface area (Å²) in [5.41, 5.74) is 1.36. The SMILES string of the molecule is O=CC(=O)C1=C2C=c3ccccc3=C2C=CC1=O. The Bertz CT molecular complexity index is 766. The highest BCUT2D eigenvalue weighted by atomic mass is 16.2. The summed E-state index contributed by atoms with van der Waals surface area (Å²) in [6.07, 6.45) is 5.00. The number of hydrogen-bond donors (Lipinski definition) is 0. The fourth-order valence-electron chi connectivity index (χ4n) is 2.32. The van der Waals surface area contributed by atoms with Gasteiger partial charge in [-0.05, 0) is 39.8 Å². The summed E-state index contributed by atoms with van der Waals surface area (Å²) in [6.45, 7) is 0. The fraction of sp³-hybridized carbons (Fsp3) is 0. The van der Waals surface area contributed by atoms with Crippen LogP contribution in [-0.4, -0.2) is 17.9 Å². The van der Waals surface area contributed by atoms with E-state index in [0.29, 0.717) is 5.57 Å². The second-order valence-corrected chi connectivity index (χ2v) is 4.11. The molecule has 1 aromatic carbocycles. The zero-order valence-corrected chi connectivity index (χ0v) is 9.34. The van der Waals surface area contributed by atoms with Crippen molar-refractivity contribution in [2.45, 2.75) is 0 Å². The Balaban J connectivity index is 2.41. The van der Waals surface area contributed by atoms with Crippen LogP contribution in [0.5, 0.6) is 0 Å². The number of allylic oxidation sites excluding steroid dienone is 4. The molecule has 0 saturated heterocycles. The monoisotopic (exact) mass is 236 g/mol. The average molecular weight is 236 g/mol. The second kappa shape index (κ2) is 3.74. The van der Waals surface area contributed by atoms with Crippen LogP contribution in [-0.2, 0) is 14.4 Å². The lowest BCUT2D eigenvalue weighted by Gasteiger charge is -2.10. The molecule has 2 aliphatic carbocycles. The average Bonchev–Trinajstić information content (AvgIpc) is 2.76. The lowest BCUT2D eigenvalue weighted by atomic mass is 9.91. The van der Waals surface area contributed by atoms with Gasteiger partial charge >= 0.3 is 0 Å². The summed E-state index contributed by atoms with van der Waals surface area (Å²) in [6, 6.07) is 7.63. The zero-order chi connectivity index (χ0) is 12.7. The van der Waals surface area contributed by atoms with Crippen molar-refractivity contribution in [3.63, 3.8) is 0 Å². The quantitative estimate of drug-likeness (QED) is 0.407. The normalized spacial score (nSPS) is 16.2. The number of benzene rings is 1. The lowest BCUT2D eigenvalue weighted by molar-refractivity contribution is -0.128. The molecule has 0 radical (unpaired) electrons. The van der Waals surface area contributed by atoms with Crippen LogP contribution in [0.15, 0.2) is 47.6 Å². The minimum Gasteiger partial charge on any atom is -0.294 e. The molecule has 3 heteroatoms. The third-order valence-electron chi connectivity index (χ3n) is 3.11. The first kappa shape index (κ1) is 10.6. The number of ketones is 2. The van der Waals surface area contributed by atoms with Crippen molar-refractivity contribution >= 4 is 29.5 Å². The molecule has 0 fully saturated rings. The van der Waals surface area contributed by atoms with E-state index in [2.05, 4.69) is 0 Å². The first-order valence-corrected chi connectivity index (χ1v) is 5.50. The third kappa shape index (κ3) is 1.34. The van der Waals surface area contributed by atoms with E-state index in [4.69, 9.17) is 0 Å². The Morgan fingerprint density at radius 3 is 2.61 bits per heavy atom. The largest absolute Gasteiger partial charge is 0.294 e. The number of Topliss-reactive ketones (excluding diaryl/α,β-unsaturated/α-hetero) is 1. The van der Waals surface area contributed by atoms with Gasteiger partial charge in [0.1, 0.15) is 0 Å². The van der Waals surface area contributed by atoms with Crippen molar-refractivity contribution in [1.82, 2.24) is 0 Å². The van der Waals surface area contributed by atoms with Crippen LogP contribution in [0, 0.1) is 0 Å². The van der Waals surface area contributed by atoms with Crippen LogP contribution in [0.2, 0.25) is 0 Å². The van der Waals surface area contributed by atoms with Crippen LogP contribution in [0.4, 0.5) is 0 Å². The number of fused-ring (bicyclic) bond motifs is 2. The van der Waals surface area contributed by atoms with Crippen molar-refractivity contribution in [3.8, 4) is 0 Å². The van der Waals surface area contributed by atoms with Crippen molar-refractivity contribution in [3.05, 3.63) is 58.0 Å². The summed E-state index contributed by atoms with van der Waals surface area (Å²) in [7, 11) is 0. The van der Waals surface area contributed by atoms with E-state index in [9.17, 15) is 14.4 Å². The molecule has 0 amide bonds. The summed E-state index contributed by atoms with van der Waals surface area (Å²) >= 11 is 0. The molecule has 3 nitrogen and oxygen atoms in total. The molecule has 0 bridgehead atoms. The maximum Gasteiger partial charge on any atom is 0.229 e. The molecular formula is C15H8O3. The van der Waals surface area contributed by atoms with E-state index in [1.165, 1.54) is 6.08 Å². The van der Waals surface area contributed by atoms with Gasteiger partial charge in [-0.3, -0.25) is 14.4 Å². The van der Waals surface area contributed by atoms with E-state index in [1.54, 1.807) is 12.2 Å². The van der Waals surface area contributed by atoms with Gasteiger partial charge in [-0.1, -0.05) is 24.3 Å². The molecule has 3 rings (SSSR count). The van der Waals surface area contributed by atoms with Crippen molar-refractivity contribution in [2.75, 3.05) is 0 Å². The molecule has 0 aromatic heterocycles. The van der Waals surface area contributed by atoms with Crippen LogP contribution in [0.1, 0.15) is 0 Å². The maximum absolute atomic E-state index is 11.7.